The Kier molecular flexibility index (Phi) is 5.24. The van der Waals surface area contributed by atoms with Crippen molar-refractivity contribution in [3.8, 4) is 0 Å². The molecule has 1 saturated heterocycles. The fourth-order valence-electron chi connectivity index (χ4n) is 2.49. The molecule has 0 bridgehead atoms. The molecule has 1 aliphatic rings. The first kappa shape index (κ1) is 15.7. The molecular formula is C15H17N3O4. The second-order valence-corrected chi connectivity index (χ2v) is 4.80. The summed E-state index contributed by atoms with van der Waals surface area (Å²) in [7, 11) is 1.31. The number of hydrogen-bond donors (Lipinski definition) is 0. The van der Waals surface area contributed by atoms with Crippen LogP contribution in [0.1, 0.15) is 12.8 Å². The zero-order valence-electron chi connectivity index (χ0n) is 12.3. The van der Waals surface area contributed by atoms with Crippen LogP contribution in [0.25, 0.3) is 10.8 Å². The van der Waals surface area contributed by atoms with Crippen molar-refractivity contribution in [2.45, 2.75) is 12.8 Å². The SMILES string of the molecule is COC=O.O=[N+]([O-])c1cnc(N2CCCC2)c2ccccc12. The molecule has 0 aliphatic carbocycles. The zero-order chi connectivity index (χ0) is 15.9. The largest absolute Gasteiger partial charge is 0.471 e. The van der Waals surface area contributed by atoms with Crippen molar-refractivity contribution in [3.05, 3.63) is 40.6 Å². The van der Waals surface area contributed by atoms with Gasteiger partial charge in [-0.1, -0.05) is 18.2 Å². The molecule has 0 N–H and O–H groups in total. The monoisotopic (exact) mass is 303 g/mol. The van der Waals surface area contributed by atoms with Crippen molar-refractivity contribution in [1.82, 2.24) is 4.98 Å². The van der Waals surface area contributed by atoms with E-state index in [-0.39, 0.29) is 10.6 Å². The van der Waals surface area contributed by atoms with Gasteiger partial charge in [0.1, 0.15) is 12.0 Å². The van der Waals surface area contributed by atoms with Gasteiger partial charge in [0.2, 0.25) is 0 Å². The average Bonchev–Trinajstić information content (AvgIpc) is 3.08. The van der Waals surface area contributed by atoms with Gasteiger partial charge in [-0.2, -0.15) is 0 Å². The Morgan fingerprint density at radius 2 is 1.86 bits per heavy atom. The summed E-state index contributed by atoms with van der Waals surface area (Å²) in [5.74, 6) is 0.869. The molecule has 0 atom stereocenters. The number of fused-ring (bicyclic) bond motifs is 1. The lowest BCUT2D eigenvalue weighted by atomic mass is 10.1. The Morgan fingerprint density at radius 1 is 1.27 bits per heavy atom. The first-order chi connectivity index (χ1) is 10.7. The van der Waals surface area contributed by atoms with E-state index in [1.807, 2.05) is 18.2 Å². The summed E-state index contributed by atoms with van der Waals surface area (Å²) < 4.78 is 3.86. The van der Waals surface area contributed by atoms with Crippen LogP contribution in [-0.4, -0.2) is 36.6 Å². The zero-order valence-corrected chi connectivity index (χ0v) is 12.3. The van der Waals surface area contributed by atoms with Gasteiger partial charge in [-0.3, -0.25) is 14.9 Å². The van der Waals surface area contributed by atoms with Crippen LogP contribution < -0.4 is 4.90 Å². The molecule has 0 spiro atoms. The maximum absolute atomic E-state index is 11.0. The van der Waals surface area contributed by atoms with E-state index in [2.05, 4.69) is 14.6 Å². The Balaban J connectivity index is 0.000000396. The first-order valence-corrected chi connectivity index (χ1v) is 6.92. The minimum Gasteiger partial charge on any atom is -0.471 e. The summed E-state index contributed by atoms with van der Waals surface area (Å²) in [6.45, 7) is 2.34. The van der Waals surface area contributed by atoms with E-state index in [1.54, 1.807) is 6.07 Å². The molecule has 3 rings (SSSR count). The molecule has 0 amide bonds. The number of methoxy groups -OCH3 is 1. The fraction of sp³-hybridized carbons (Fsp3) is 0.333. The predicted molar refractivity (Wildman–Crippen MR) is 82.9 cm³/mol. The predicted octanol–water partition coefficient (Wildman–Crippen LogP) is 2.53. The second-order valence-electron chi connectivity index (χ2n) is 4.80. The average molecular weight is 303 g/mol. The molecule has 7 nitrogen and oxygen atoms in total. The van der Waals surface area contributed by atoms with Gasteiger partial charge in [0.05, 0.1) is 17.4 Å². The number of anilines is 1. The number of carbonyl (C=O) groups excluding carboxylic acids is 1. The highest BCUT2D eigenvalue weighted by molar-refractivity contribution is 5.98. The lowest BCUT2D eigenvalue weighted by Crippen LogP contribution is -2.19. The van der Waals surface area contributed by atoms with Crippen molar-refractivity contribution in [3.63, 3.8) is 0 Å². The molecule has 0 saturated carbocycles. The molecule has 0 unspecified atom stereocenters. The second kappa shape index (κ2) is 7.35. The van der Waals surface area contributed by atoms with E-state index in [1.165, 1.54) is 13.3 Å². The third kappa shape index (κ3) is 3.30. The standard InChI is InChI=1S/C13H13N3O2.C2H4O2/c17-16(18)12-9-14-13(15-7-3-4-8-15)11-6-2-1-5-10(11)12;1-4-2-3/h1-2,5-6,9H,3-4,7-8H2;2H,1H3. The van der Waals surface area contributed by atoms with Gasteiger partial charge in [0, 0.05) is 18.5 Å². The summed E-state index contributed by atoms with van der Waals surface area (Å²) in [5.41, 5.74) is 0.0774. The Hall–Kier alpha value is -2.70. The molecular weight excluding hydrogens is 286 g/mol. The lowest BCUT2D eigenvalue weighted by molar-refractivity contribution is -0.383. The third-order valence-electron chi connectivity index (χ3n) is 3.45. The van der Waals surface area contributed by atoms with Crippen LogP contribution in [0.2, 0.25) is 0 Å². The van der Waals surface area contributed by atoms with Crippen LogP contribution in [0.3, 0.4) is 0 Å². The lowest BCUT2D eigenvalue weighted by Gasteiger charge is -2.18. The molecule has 7 heteroatoms. The molecule has 0 radical (unpaired) electrons. The number of rotatable bonds is 3. The first-order valence-electron chi connectivity index (χ1n) is 6.92. The van der Waals surface area contributed by atoms with Crippen molar-refractivity contribution in [2.75, 3.05) is 25.1 Å². The van der Waals surface area contributed by atoms with E-state index in [0.717, 1.165) is 37.1 Å². The Bertz CT molecular complexity index is 669. The van der Waals surface area contributed by atoms with Gasteiger partial charge in [-0.25, -0.2) is 4.98 Å². The highest BCUT2D eigenvalue weighted by atomic mass is 16.6. The van der Waals surface area contributed by atoms with Crippen LogP contribution in [0, 0.1) is 10.1 Å². The van der Waals surface area contributed by atoms with Gasteiger partial charge in [0.25, 0.3) is 12.2 Å². The highest BCUT2D eigenvalue weighted by Gasteiger charge is 2.20. The van der Waals surface area contributed by atoms with Crippen LogP contribution in [-0.2, 0) is 9.53 Å². The van der Waals surface area contributed by atoms with Crippen LogP contribution in [0.15, 0.2) is 30.5 Å². The maximum Gasteiger partial charge on any atom is 0.295 e. The number of aromatic nitrogens is 1. The summed E-state index contributed by atoms with van der Waals surface area (Å²) in [4.78, 5) is 26.1. The molecule has 116 valence electrons. The van der Waals surface area contributed by atoms with Gasteiger partial charge < -0.3 is 9.64 Å². The molecule has 1 aliphatic heterocycles. The Labute approximate surface area is 127 Å². The van der Waals surface area contributed by atoms with Crippen molar-refractivity contribution >= 4 is 28.7 Å². The van der Waals surface area contributed by atoms with E-state index in [9.17, 15) is 10.1 Å². The molecule has 22 heavy (non-hydrogen) atoms. The third-order valence-corrected chi connectivity index (χ3v) is 3.45. The maximum atomic E-state index is 11.0. The molecule has 2 heterocycles. The van der Waals surface area contributed by atoms with Crippen LogP contribution >= 0.6 is 0 Å². The minimum atomic E-state index is -0.372. The summed E-state index contributed by atoms with van der Waals surface area (Å²) in [6.07, 6.45) is 3.69. The highest BCUT2D eigenvalue weighted by Crippen LogP contribution is 2.32. The van der Waals surface area contributed by atoms with Crippen molar-refractivity contribution < 1.29 is 14.5 Å². The number of nitrogens with zero attached hydrogens (tertiary/aromatic N) is 3. The molecule has 1 aromatic heterocycles. The fourth-order valence-corrected chi connectivity index (χ4v) is 2.49. The van der Waals surface area contributed by atoms with Gasteiger partial charge in [0.15, 0.2) is 0 Å². The van der Waals surface area contributed by atoms with Gasteiger partial charge in [-0.05, 0) is 18.9 Å². The van der Waals surface area contributed by atoms with Gasteiger partial charge >= 0.3 is 0 Å². The number of carbonyl (C=O) groups is 1. The summed E-state index contributed by atoms with van der Waals surface area (Å²) in [6, 6.07) is 7.41. The van der Waals surface area contributed by atoms with E-state index in [4.69, 9.17) is 4.79 Å². The van der Waals surface area contributed by atoms with Gasteiger partial charge in [-0.15, -0.1) is 0 Å². The molecule has 1 aromatic carbocycles. The van der Waals surface area contributed by atoms with Crippen LogP contribution in [0.5, 0.6) is 0 Å². The van der Waals surface area contributed by atoms with Crippen molar-refractivity contribution in [2.24, 2.45) is 0 Å². The quantitative estimate of drug-likeness (QED) is 0.492. The smallest absolute Gasteiger partial charge is 0.295 e. The summed E-state index contributed by atoms with van der Waals surface area (Å²) in [5, 5.41) is 12.5. The Morgan fingerprint density at radius 3 is 2.41 bits per heavy atom. The van der Waals surface area contributed by atoms with E-state index >= 15 is 0 Å². The number of ether oxygens (including phenoxy) is 1. The number of pyridine rings is 1. The van der Waals surface area contributed by atoms with E-state index < -0.39 is 0 Å². The van der Waals surface area contributed by atoms with E-state index in [0.29, 0.717) is 11.9 Å². The van der Waals surface area contributed by atoms with Crippen LogP contribution in [0.4, 0.5) is 11.5 Å². The number of hydrogen-bond acceptors (Lipinski definition) is 6. The normalized spacial score (nSPS) is 13.4. The molecule has 1 fully saturated rings. The summed E-state index contributed by atoms with van der Waals surface area (Å²) >= 11 is 0. The topological polar surface area (TPSA) is 85.6 Å². The number of nitro groups is 1. The number of benzene rings is 1. The van der Waals surface area contributed by atoms with Crippen molar-refractivity contribution in [1.29, 1.82) is 0 Å². The minimum absolute atomic E-state index is 0.0774. The molecule has 2 aromatic rings.